The zero-order chi connectivity index (χ0) is 22.7. The van der Waals surface area contributed by atoms with Gasteiger partial charge in [-0.1, -0.05) is 45.7 Å². The molecular weight excluding hydrogens is 416 g/mol. The molecule has 30 heavy (non-hydrogen) atoms. The summed E-state index contributed by atoms with van der Waals surface area (Å²) in [5.74, 6) is -0.343. The summed E-state index contributed by atoms with van der Waals surface area (Å²) in [7, 11) is -0.551. The van der Waals surface area contributed by atoms with Gasteiger partial charge >= 0.3 is 5.97 Å². The van der Waals surface area contributed by atoms with Gasteiger partial charge in [-0.2, -0.15) is 0 Å². The highest BCUT2D eigenvalue weighted by molar-refractivity contribution is 6.74. The molecule has 0 saturated heterocycles. The Hall–Kier alpha value is -1.50. The number of anilines is 1. The molecule has 0 aromatic heterocycles. The zero-order valence-corrected chi connectivity index (χ0v) is 21.4. The van der Waals surface area contributed by atoms with Crippen molar-refractivity contribution < 1.29 is 14.0 Å². The Balaban J connectivity index is 2.38. The van der Waals surface area contributed by atoms with Crippen molar-refractivity contribution in [1.82, 2.24) is 5.32 Å². The minimum atomic E-state index is -1.94. The Labute approximate surface area is 187 Å². The summed E-state index contributed by atoms with van der Waals surface area (Å²) in [6, 6.07) is 7.47. The molecule has 0 aliphatic carbocycles. The lowest BCUT2D eigenvalue weighted by atomic mass is 10.0. The smallest absolute Gasteiger partial charge is 0.337 e. The lowest BCUT2D eigenvalue weighted by Crippen LogP contribution is -2.51. The number of carbonyl (C=O) groups excluding carboxylic acids is 1. The predicted octanol–water partition coefficient (Wildman–Crippen LogP) is 6.22. The van der Waals surface area contributed by atoms with Gasteiger partial charge in [0.25, 0.3) is 0 Å². The summed E-state index contributed by atoms with van der Waals surface area (Å²) >= 11 is 6.72. The van der Waals surface area contributed by atoms with Crippen LogP contribution in [-0.4, -0.2) is 33.7 Å². The van der Waals surface area contributed by atoms with E-state index in [2.05, 4.69) is 57.9 Å². The molecule has 1 heterocycles. The quantitative estimate of drug-likeness (QED) is 0.288. The summed E-state index contributed by atoms with van der Waals surface area (Å²) in [5.41, 5.74) is 2.08. The average molecular weight is 453 g/mol. The molecule has 0 spiro atoms. The van der Waals surface area contributed by atoms with Gasteiger partial charge in [0.05, 0.1) is 25.0 Å². The van der Waals surface area contributed by atoms with Gasteiger partial charge in [-0.25, -0.2) is 4.79 Å². The van der Waals surface area contributed by atoms with Crippen molar-refractivity contribution >= 4 is 31.6 Å². The summed E-state index contributed by atoms with van der Waals surface area (Å²) in [5, 5.41) is 4.25. The first-order valence-electron chi connectivity index (χ1n) is 10.7. The monoisotopic (exact) mass is 452 g/mol. The van der Waals surface area contributed by atoms with E-state index < -0.39 is 8.32 Å². The number of carbonyl (C=O) groups is 1. The standard InChI is InChI=1S/C23H37ClN2O3Si/c1-9-10-15-23(5)25-20(24)19(16-29-30(7,8)22(2,3)4)26(23)18-13-11-17(12-14-18)21(27)28-6/h11-14,25H,9-10,15-16H2,1-8H3. The summed E-state index contributed by atoms with van der Waals surface area (Å²) in [6.07, 6.45) is 3.10. The molecule has 1 aliphatic heterocycles. The topological polar surface area (TPSA) is 50.8 Å². The first-order chi connectivity index (χ1) is 13.9. The molecule has 0 radical (unpaired) electrons. The van der Waals surface area contributed by atoms with Crippen LogP contribution in [0.2, 0.25) is 18.1 Å². The second-order valence-corrected chi connectivity index (χ2v) is 14.9. The third-order valence-electron chi connectivity index (χ3n) is 6.34. The van der Waals surface area contributed by atoms with Crippen LogP contribution in [0.4, 0.5) is 5.69 Å². The second-order valence-electron chi connectivity index (χ2n) is 9.69. The first-order valence-corrected chi connectivity index (χ1v) is 13.9. The van der Waals surface area contributed by atoms with Crippen molar-refractivity contribution in [2.45, 2.75) is 77.7 Å². The molecule has 1 aliphatic rings. The molecule has 0 amide bonds. The highest BCUT2D eigenvalue weighted by atomic mass is 35.5. The fourth-order valence-electron chi connectivity index (χ4n) is 3.35. The van der Waals surface area contributed by atoms with Crippen LogP contribution in [0, 0.1) is 0 Å². The molecule has 0 fully saturated rings. The van der Waals surface area contributed by atoms with E-state index in [0.717, 1.165) is 30.6 Å². The molecule has 5 nitrogen and oxygen atoms in total. The molecule has 1 N–H and O–H groups in total. The number of nitrogens with one attached hydrogen (secondary N) is 1. The fourth-order valence-corrected chi connectivity index (χ4v) is 4.63. The molecule has 1 unspecified atom stereocenters. The first kappa shape index (κ1) is 24.8. The van der Waals surface area contributed by atoms with Crippen LogP contribution < -0.4 is 10.2 Å². The lowest BCUT2D eigenvalue weighted by Gasteiger charge is -2.40. The van der Waals surface area contributed by atoms with E-state index >= 15 is 0 Å². The van der Waals surface area contributed by atoms with Gasteiger partial charge in [0.1, 0.15) is 10.8 Å². The van der Waals surface area contributed by atoms with Crippen molar-refractivity contribution in [2.75, 3.05) is 18.6 Å². The van der Waals surface area contributed by atoms with Gasteiger partial charge in [-0.3, -0.25) is 0 Å². The summed E-state index contributed by atoms with van der Waals surface area (Å²) in [6.45, 7) is 16.0. The largest absolute Gasteiger partial charge is 0.465 e. The van der Waals surface area contributed by atoms with Gasteiger partial charge in [0.15, 0.2) is 8.32 Å². The predicted molar refractivity (Wildman–Crippen MR) is 127 cm³/mol. The van der Waals surface area contributed by atoms with E-state index in [0.29, 0.717) is 17.3 Å². The SMILES string of the molecule is CCCCC1(C)NC(Cl)=C(CO[Si](C)(C)C(C)(C)C)N1c1ccc(C(=O)OC)cc1. The fraction of sp³-hybridized carbons (Fsp3) is 0.609. The van der Waals surface area contributed by atoms with Crippen molar-refractivity contribution in [1.29, 1.82) is 0 Å². The number of halogens is 1. The summed E-state index contributed by atoms with van der Waals surface area (Å²) in [4.78, 5) is 14.1. The maximum atomic E-state index is 11.8. The van der Waals surface area contributed by atoms with Gasteiger partial charge < -0.3 is 19.4 Å². The zero-order valence-electron chi connectivity index (χ0n) is 19.7. The van der Waals surface area contributed by atoms with Crippen molar-refractivity contribution in [3.8, 4) is 0 Å². The normalized spacial score (nSPS) is 19.8. The van der Waals surface area contributed by atoms with Gasteiger partial charge in [-0.15, -0.1) is 0 Å². The molecular formula is C23H37ClN2O3Si. The minimum Gasteiger partial charge on any atom is -0.465 e. The van der Waals surface area contributed by atoms with Crippen LogP contribution in [0.1, 0.15) is 64.2 Å². The molecule has 168 valence electrons. The van der Waals surface area contributed by atoms with Crippen molar-refractivity contribution in [2.24, 2.45) is 0 Å². The Bertz CT molecular complexity index is 787. The van der Waals surface area contributed by atoms with Gasteiger partial charge in [0, 0.05) is 5.69 Å². The number of unbranched alkanes of at least 4 members (excludes halogenated alkanes) is 1. The second kappa shape index (κ2) is 9.33. The van der Waals surface area contributed by atoms with Crippen molar-refractivity contribution in [3.05, 3.63) is 40.7 Å². The van der Waals surface area contributed by atoms with Gasteiger partial charge in [-0.05, 0) is 62.2 Å². The Morgan fingerprint density at radius 1 is 1.23 bits per heavy atom. The molecule has 7 heteroatoms. The van der Waals surface area contributed by atoms with Crippen LogP contribution in [0.5, 0.6) is 0 Å². The molecule has 1 aromatic carbocycles. The van der Waals surface area contributed by atoms with Crippen molar-refractivity contribution in [3.63, 3.8) is 0 Å². The number of benzene rings is 1. The molecule has 2 rings (SSSR count). The van der Waals surface area contributed by atoms with Gasteiger partial charge in [0.2, 0.25) is 0 Å². The third kappa shape index (κ3) is 5.21. The number of rotatable bonds is 8. The van der Waals surface area contributed by atoms with Crippen LogP contribution in [-0.2, 0) is 9.16 Å². The van der Waals surface area contributed by atoms with Crippen LogP contribution in [0.15, 0.2) is 35.1 Å². The number of ether oxygens (including phenoxy) is 1. The average Bonchev–Trinajstić information content (AvgIpc) is 2.93. The molecule has 0 saturated carbocycles. The minimum absolute atomic E-state index is 0.116. The Morgan fingerprint density at radius 3 is 2.33 bits per heavy atom. The number of nitrogens with zero attached hydrogens (tertiary/aromatic N) is 1. The molecule has 1 aromatic rings. The Morgan fingerprint density at radius 2 is 1.83 bits per heavy atom. The number of hydrogen-bond acceptors (Lipinski definition) is 5. The summed E-state index contributed by atoms with van der Waals surface area (Å²) < 4.78 is 11.3. The molecule has 1 atom stereocenters. The van der Waals surface area contributed by atoms with E-state index in [4.69, 9.17) is 20.8 Å². The number of hydrogen-bond donors (Lipinski definition) is 1. The number of methoxy groups -OCH3 is 1. The number of esters is 1. The van der Waals surface area contributed by atoms with Crippen LogP contribution >= 0.6 is 11.6 Å². The highest BCUT2D eigenvalue weighted by Crippen LogP contribution is 2.41. The van der Waals surface area contributed by atoms with E-state index in [1.165, 1.54) is 7.11 Å². The van der Waals surface area contributed by atoms with E-state index in [-0.39, 0.29) is 16.7 Å². The van der Waals surface area contributed by atoms with Crippen LogP contribution in [0.25, 0.3) is 0 Å². The Kier molecular flexibility index (Phi) is 7.70. The highest BCUT2D eigenvalue weighted by Gasteiger charge is 2.43. The maximum Gasteiger partial charge on any atom is 0.337 e. The van der Waals surface area contributed by atoms with E-state index in [9.17, 15) is 4.79 Å². The van der Waals surface area contributed by atoms with E-state index in [1.807, 2.05) is 12.1 Å². The molecule has 0 bridgehead atoms. The lowest BCUT2D eigenvalue weighted by molar-refractivity contribution is 0.0600. The van der Waals surface area contributed by atoms with E-state index in [1.54, 1.807) is 12.1 Å². The maximum absolute atomic E-state index is 11.8. The van der Waals surface area contributed by atoms with Crippen LogP contribution in [0.3, 0.4) is 0 Å². The third-order valence-corrected chi connectivity index (χ3v) is 11.1.